The highest BCUT2D eigenvalue weighted by Crippen LogP contribution is 2.36. The van der Waals surface area contributed by atoms with Crippen molar-refractivity contribution < 1.29 is 4.74 Å². The molecule has 0 bridgehead atoms. The predicted octanol–water partition coefficient (Wildman–Crippen LogP) is 3.59. The molecule has 1 rings (SSSR count). The van der Waals surface area contributed by atoms with Crippen molar-refractivity contribution in [1.82, 2.24) is 4.90 Å². The summed E-state index contributed by atoms with van der Waals surface area (Å²) in [6.07, 6.45) is 0. The van der Waals surface area contributed by atoms with Gasteiger partial charge in [-0.1, -0.05) is 11.6 Å². The van der Waals surface area contributed by atoms with Crippen LogP contribution in [0.15, 0.2) is 6.07 Å². The molecule has 2 nitrogen and oxygen atoms in total. The van der Waals surface area contributed by atoms with Gasteiger partial charge in [0, 0.05) is 16.6 Å². The van der Waals surface area contributed by atoms with Crippen molar-refractivity contribution in [3.63, 3.8) is 0 Å². The normalized spacial score (nSPS) is 13.0. The van der Waals surface area contributed by atoms with E-state index in [2.05, 4.69) is 25.9 Å². The molecule has 0 saturated heterocycles. The van der Waals surface area contributed by atoms with Crippen LogP contribution in [0.3, 0.4) is 0 Å². The van der Waals surface area contributed by atoms with Gasteiger partial charge in [0.2, 0.25) is 0 Å². The molecule has 0 N–H and O–H groups in total. The average Bonchev–Trinajstić information content (AvgIpc) is 2.24. The quantitative estimate of drug-likeness (QED) is 0.802. The van der Waals surface area contributed by atoms with Gasteiger partial charge < -0.3 is 9.64 Å². The van der Waals surface area contributed by atoms with Gasteiger partial charge in [-0.25, -0.2) is 0 Å². The number of ether oxygens (including phenoxy) is 1. The van der Waals surface area contributed by atoms with Crippen LogP contribution in [-0.2, 0) is 0 Å². The molecule has 0 aliphatic heterocycles. The minimum Gasteiger partial charge on any atom is -0.496 e. The largest absolute Gasteiger partial charge is 0.496 e. The van der Waals surface area contributed by atoms with Gasteiger partial charge in [-0.3, -0.25) is 0 Å². The summed E-state index contributed by atoms with van der Waals surface area (Å²) >= 11 is 6.29. The molecule has 0 heterocycles. The number of aryl methyl sites for hydroxylation is 1. The molecule has 1 aromatic rings. The Hall–Kier alpha value is -0.730. The lowest BCUT2D eigenvalue weighted by Crippen LogP contribution is -2.18. The molecule has 0 aliphatic rings. The van der Waals surface area contributed by atoms with Crippen LogP contribution in [0.4, 0.5) is 0 Å². The standard InChI is InChI=1S/C13H20ClNO/c1-8-7-11(16-6)12(9(2)13(8)14)10(3)15(4)5/h7,10H,1-6H3. The molecule has 0 amide bonds. The van der Waals surface area contributed by atoms with E-state index in [0.29, 0.717) is 0 Å². The summed E-state index contributed by atoms with van der Waals surface area (Å²) in [5.74, 6) is 0.917. The molecule has 1 unspecified atom stereocenters. The second kappa shape index (κ2) is 5.07. The third kappa shape index (κ3) is 2.33. The van der Waals surface area contributed by atoms with Gasteiger partial charge in [-0.2, -0.15) is 0 Å². The van der Waals surface area contributed by atoms with E-state index in [1.807, 2.05) is 19.9 Å². The smallest absolute Gasteiger partial charge is 0.124 e. The van der Waals surface area contributed by atoms with Gasteiger partial charge in [-0.05, 0) is 52.1 Å². The van der Waals surface area contributed by atoms with Gasteiger partial charge in [-0.15, -0.1) is 0 Å². The maximum atomic E-state index is 6.29. The maximum absolute atomic E-state index is 6.29. The summed E-state index contributed by atoms with van der Waals surface area (Å²) in [6.45, 7) is 6.20. The van der Waals surface area contributed by atoms with E-state index in [0.717, 1.165) is 21.9 Å². The van der Waals surface area contributed by atoms with E-state index in [9.17, 15) is 0 Å². The van der Waals surface area contributed by atoms with E-state index in [1.165, 1.54) is 5.56 Å². The molecular formula is C13H20ClNO. The molecule has 0 saturated carbocycles. The predicted molar refractivity (Wildman–Crippen MR) is 69.6 cm³/mol. The monoisotopic (exact) mass is 241 g/mol. The van der Waals surface area contributed by atoms with Gasteiger partial charge in [0.25, 0.3) is 0 Å². The summed E-state index contributed by atoms with van der Waals surface area (Å²) in [6, 6.07) is 2.29. The van der Waals surface area contributed by atoms with E-state index in [1.54, 1.807) is 7.11 Å². The fourth-order valence-electron chi connectivity index (χ4n) is 1.88. The summed E-state index contributed by atoms with van der Waals surface area (Å²) in [4.78, 5) is 2.15. The van der Waals surface area contributed by atoms with E-state index >= 15 is 0 Å². The first-order valence-corrected chi connectivity index (χ1v) is 5.78. The van der Waals surface area contributed by atoms with Crippen molar-refractivity contribution in [3.8, 4) is 5.75 Å². The van der Waals surface area contributed by atoms with Gasteiger partial charge in [0.05, 0.1) is 7.11 Å². The third-order valence-electron chi connectivity index (χ3n) is 3.10. The second-order valence-electron chi connectivity index (χ2n) is 4.39. The van der Waals surface area contributed by atoms with Gasteiger partial charge in [0.1, 0.15) is 5.75 Å². The maximum Gasteiger partial charge on any atom is 0.124 e. The van der Waals surface area contributed by atoms with Crippen LogP contribution in [0.2, 0.25) is 5.02 Å². The van der Waals surface area contributed by atoms with Crippen LogP contribution in [0, 0.1) is 13.8 Å². The van der Waals surface area contributed by atoms with Crippen molar-refractivity contribution in [2.24, 2.45) is 0 Å². The number of methoxy groups -OCH3 is 1. The first-order valence-electron chi connectivity index (χ1n) is 5.40. The van der Waals surface area contributed by atoms with Crippen LogP contribution in [0.25, 0.3) is 0 Å². The van der Waals surface area contributed by atoms with E-state index in [4.69, 9.17) is 16.3 Å². The Morgan fingerprint density at radius 2 is 1.88 bits per heavy atom. The fourth-order valence-corrected chi connectivity index (χ4v) is 2.04. The third-order valence-corrected chi connectivity index (χ3v) is 3.69. The van der Waals surface area contributed by atoms with Crippen LogP contribution < -0.4 is 4.74 Å². The molecule has 1 aromatic carbocycles. The van der Waals surface area contributed by atoms with E-state index < -0.39 is 0 Å². The van der Waals surface area contributed by atoms with Crippen molar-refractivity contribution in [2.45, 2.75) is 26.8 Å². The summed E-state index contributed by atoms with van der Waals surface area (Å²) in [7, 11) is 5.81. The number of rotatable bonds is 3. The molecular weight excluding hydrogens is 222 g/mol. The Morgan fingerprint density at radius 3 is 2.31 bits per heavy atom. The molecule has 0 aliphatic carbocycles. The molecule has 0 fully saturated rings. The second-order valence-corrected chi connectivity index (χ2v) is 4.77. The lowest BCUT2D eigenvalue weighted by molar-refractivity contribution is 0.307. The zero-order valence-corrected chi connectivity index (χ0v) is 11.6. The molecule has 0 spiro atoms. The minimum absolute atomic E-state index is 0.285. The molecule has 3 heteroatoms. The minimum atomic E-state index is 0.285. The lowest BCUT2D eigenvalue weighted by Gasteiger charge is -2.25. The number of benzene rings is 1. The average molecular weight is 242 g/mol. The van der Waals surface area contributed by atoms with Gasteiger partial charge in [0.15, 0.2) is 0 Å². The topological polar surface area (TPSA) is 12.5 Å². The van der Waals surface area contributed by atoms with Crippen LogP contribution >= 0.6 is 11.6 Å². The Morgan fingerprint density at radius 1 is 1.31 bits per heavy atom. The van der Waals surface area contributed by atoms with Gasteiger partial charge >= 0.3 is 0 Å². The summed E-state index contributed by atoms with van der Waals surface area (Å²) in [5, 5.41) is 0.838. The highest BCUT2D eigenvalue weighted by atomic mass is 35.5. The highest BCUT2D eigenvalue weighted by Gasteiger charge is 2.19. The van der Waals surface area contributed by atoms with Crippen molar-refractivity contribution >= 4 is 11.6 Å². The fraction of sp³-hybridized carbons (Fsp3) is 0.538. The summed E-state index contributed by atoms with van der Waals surface area (Å²) < 4.78 is 5.45. The number of hydrogen-bond donors (Lipinski definition) is 0. The first-order chi connectivity index (χ1) is 7.40. The Labute approximate surface area is 103 Å². The molecule has 1 atom stereocenters. The Kier molecular flexibility index (Phi) is 4.22. The van der Waals surface area contributed by atoms with Crippen LogP contribution in [0.1, 0.15) is 29.7 Å². The molecule has 90 valence electrons. The summed E-state index contributed by atoms with van der Waals surface area (Å²) in [5.41, 5.74) is 3.34. The number of hydrogen-bond acceptors (Lipinski definition) is 2. The SMILES string of the molecule is COc1cc(C)c(Cl)c(C)c1C(C)N(C)C. The number of halogens is 1. The van der Waals surface area contributed by atoms with Crippen molar-refractivity contribution in [2.75, 3.05) is 21.2 Å². The molecule has 0 aromatic heterocycles. The zero-order valence-electron chi connectivity index (χ0n) is 10.9. The molecule has 16 heavy (non-hydrogen) atoms. The zero-order chi connectivity index (χ0) is 12.5. The Balaban J connectivity index is 3.41. The first kappa shape index (κ1) is 13.3. The highest BCUT2D eigenvalue weighted by molar-refractivity contribution is 6.32. The van der Waals surface area contributed by atoms with Crippen molar-refractivity contribution in [1.29, 1.82) is 0 Å². The Bertz CT molecular complexity index is 388. The number of nitrogens with zero attached hydrogens (tertiary/aromatic N) is 1. The molecule has 0 radical (unpaired) electrons. The van der Waals surface area contributed by atoms with Crippen LogP contribution in [0.5, 0.6) is 5.75 Å². The lowest BCUT2D eigenvalue weighted by atomic mass is 9.98. The van der Waals surface area contributed by atoms with E-state index in [-0.39, 0.29) is 6.04 Å². The van der Waals surface area contributed by atoms with Crippen molar-refractivity contribution in [3.05, 3.63) is 27.8 Å². The van der Waals surface area contributed by atoms with Crippen LogP contribution in [-0.4, -0.2) is 26.1 Å².